The molecule has 0 aromatic rings. The SMILES string of the molecule is CCC(C)C(NC(=O)C(N)CO)C(=O)NC(CCCCN)C(=O)NC(C(=O)O)C(C)O. The van der Waals surface area contributed by atoms with Crippen LogP contribution in [0.25, 0.3) is 0 Å². The van der Waals surface area contributed by atoms with E-state index in [4.69, 9.17) is 16.6 Å². The highest BCUT2D eigenvalue weighted by Crippen LogP contribution is 2.10. The van der Waals surface area contributed by atoms with Gasteiger partial charge in [0.05, 0.1) is 12.7 Å². The van der Waals surface area contributed by atoms with E-state index in [1.807, 2.05) is 6.92 Å². The molecule has 0 aromatic carbocycles. The van der Waals surface area contributed by atoms with E-state index in [0.29, 0.717) is 25.8 Å². The van der Waals surface area contributed by atoms with Crippen molar-refractivity contribution in [1.82, 2.24) is 16.0 Å². The van der Waals surface area contributed by atoms with Gasteiger partial charge in [0.2, 0.25) is 17.7 Å². The second-order valence-electron chi connectivity index (χ2n) is 7.57. The molecule has 31 heavy (non-hydrogen) atoms. The van der Waals surface area contributed by atoms with E-state index in [1.54, 1.807) is 6.92 Å². The van der Waals surface area contributed by atoms with Crippen LogP contribution in [0.4, 0.5) is 0 Å². The summed E-state index contributed by atoms with van der Waals surface area (Å²) in [7, 11) is 0. The molecule has 0 spiro atoms. The van der Waals surface area contributed by atoms with E-state index < -0.39 is 60.6 Å². The van der Waals surface area contributed by atoms with Crippen LogP contribution in [-0.4, -0.2) is 82.4 Å². The predicted molar refractivity (Wildman–Crippen MR) is 113 cm³/mol. The van der Waals surface area contributed by atoms with E-state index in [1.165, 1.54) is 6.92 Å². The minimum absolute atomic E-state index is 0.179. The molecule has 0 saturated carbocycles. The molecule has 0 aliphatic carbocycles. The van der Waals surface area contributed by atoms with Crippen LogP contribution in [0.2, 0.25) is 0 Å². The van der Waals surface area contributed by atoms with Gasteiger partial charge < -0.3 is 42.7 Å². The number of nitrogens with two attached hydrogens (primary N) is 2. The first-order valence-corrected chi connectivity index (χ1v) is 10.4. The second-order valence-corrected chi connectivity index (χ2v) is 7.57. The zero-order valence-electron chi connectivity index (χ0n) is 18.3. The average Bonchev–Trinajstić information content (AvgIpc) is 2.72. The van der Waals surface area contributed by atoms with Crippen molar-refractivity contribution in [3.8, 4) is 0 Å². The molecule has 6 atom stereocenters. The number of carboxylic acid groups (broad SMARTS) is 1. The lowest BCUT2D eigenvalue weighted by Gasteiger charge is -2.28. The molecule has 0 aromatic heterocycles. The summed E-state index contributed by atoms with van der Waals surface area (Å²) < 4.78 is 0. The van der Waals surface area contributed by atoms with Crippen LogP contribution in [0.15, 0.2) is 0 Å². The van der Waals surface area contributed by atoms with E-state index in [0.717, 1.165) is 0 Å². The van der Waals surface area contributed by atoms with Crippen molar-refractivity contribution in [2.45, 2.75) is 76.7 Å². The number of aliphatic hydroxyl groups is 2. The van der Waals surface area contributed by atoms with Gasteiger partial charge >= 0.3 is 5.97 Å². The molecule has 180 valence electrons. The zero-order chi connectivity index (χ0) is 24.1. The largest absolute Gasteiger partial charge is 0.480 e. The third-order valence-electron chi connectivity index (χ3n) is 4.95. The summed E-state index contributed by atoms with van der Waals surface area (Å²) >= 11 is 0. The van der Waals surface area contributed by atoms with Gasteiger partial charge in [-0.2, -0.15) is 0 Å². The summed E-state index contributed by atoms with van der Waals surface area (Å²) in [6.07, 6.45) is 0.415. The number of aliphatic carboxylic acids is 1. The van der Waals surface area contributed by atoms with Gasteiger partial charge in [-0.05, 0) is 38.6 Å². The Morgan fingerprint density at radius 1 is 0.935 bits per heavy atom. The number of unbranched alkanes of at least 4 members (excludes halogenated alkanes) is 1. The van der Waals surface area contributed by atoms with Crippen molar-refractivity contribution in [1.29, 1.82) is 0 Å². The quantitative estimate of drug-likeness (QED) is 0.123. The molecule has 12 nitrogen and oxygen atoms in total. The highest BCUT2D eigenvalue weighted by molar-refractivity contribution is 5.94. The Labute approximate surface area is 182 Å². The molecule has 12 heteroatoms. The lowest BCUT2D eigenvalue weighted by atomic mass is 9.97. The van der Waals surface area contributed by atoms with E-state index in [-0.39, 0.29) is 12.3 Å². The van der Waals surface area contributed by atoms with Crippen molar-refractivity contribution in [2.24, 2.45) is 17.4 Å². The molecule has 0 heterocycles. The maximum atomic E-state index is 12.9. The van der Waals surface area contributed by atoms with Crippen LogP contribution in [0.3, 0.4) is 0 Å². The molecule has 0 aliphatic rings. The van der Waals surface area contributed by atoms with Crippen molar-refractivity contribution in [2.75, 3.05) is 13.2 Å². The van der Waals surface area contributed by atoms with Gasteiger partial charge in [-0.15, -0.1) is 0 Å². The molecule has 0 radical (unpaired) electrons. The van der Waals surface area contributed by atoms with Crippen LogP contribution < -0.4 is 27.4 Å². The topological polar surface area (TPSA) is 217 Å². The summed E-state index contributed by atoms with van der Waals surface area (Å²) in [5, 5.41) is 35.1. The van der Waals surface area contributed by atoms with E-state index in [9.17, 15) is 29.4 Å². The number of hydrogen-bond acceptors (Lipinski definition) is 8. The molecule has 0 aliphatic heterocycles. The number of amides is 3. The Hall–Kier alpha value is -2.28. The minimum atomic E-state index is -1.55. The maximum Gasteiger partial charge on any atom is 0.328 e. The molecule has 0 fully saturated rings. The summed E-state index contributed by atoms with van der Waals surface area (Å²) in [6, 6.07) is -4.87. The lowest BCUT2D eigenvalue weighted by Crippen LogP contribution is -2.59. The van der Waals surface area contributed by atoms with Gasteiger partial charge in [0.15, 0.2) is 6.04 Å². The molecule has 0 saturated heterocycles. The molecular weight excluding hydrogens is 410 g/mol. The van der Waals surface area contributed by atoms with Gasteiger partial charge in [0.25, 0.3) is 0 Å². The van der Waals surface area contributed by atoms with Crippen molar-refractivity contribution < 1.29 is 34.5 Å². The van der Waals surface area contributed by atoms with Crippen LogP contribution >= 0.6 is 0 Å². The number of aliphatic hydroxyl groups excluding tert-OH is 2. The monoisotopic (exact) mass is 447 g/mol. The highest BCUT2D eigenvalue weighted by Gasteiger charge is 2.33. The van der Waals surface area contributed by atoms with Crippen LogP contribution in [-0.2, 0) is 19.2 Å². The molecule has 3 amide bonds. The van der Waals surface area contributed by atoms with Crippen molar-refractivity contribution in [3.63, 3.8) is 0 Å². The zero-order valence-corrected chi connectivity index (χ0v) is 18.3. The van der Waals surface area contributed by atoms with Gasteiger partial charge in [0, 0.05) is 0 Å². The van der Waals surface area contributed by atoms with Gasteiger partial charge in [0.1, 0.15) is 18.1 Å². The summed E-state index contributed by atoms with van der Waals surface area (Å²) in [6.45, 7) is 4.54. The fourth-order valence-electron chi connectivity index (χ4n) is 2.71. The molecule has 0 bridgehead atoms. The first kappa shape index (κ1) is 28.7. The fraction of sp³-hybridized carbons (Fsp3) is 0.789. The number of hydrogen-bond donors (Lipinski definition) is 8. The molecular formula is C19H37N5O7. The first-order chi connectivity index (χ1) is 14.5. The Kier molecular flexibility index (Phi) is 13.6. The maximum absolute atomic E-state index is 12.9. The lowest BCUT2D eigenvalue weighted by molar-refractivity contribution is -0.145. The van der Waals surface area contributed by atoms with Gasteiger partial charge in [-0.1, -0.05) is 20.3 Å². The molecule has 6 unspecified atom stereocenters. The third kappa shape index (κ3) is 10.0. The summed E-state index contributed by atoms with van der Waals surface area (Å²) in [5.41, 5.74) is 11.0. The standard InChI is InChI=1S/C19H37N5O7/c1-4-10(2)14(23-16(27)12(21)9-25)18(29)22-13(7-5-6-8-20)17(28)24-15(11(3)26)19(30)31/h10-15,25-26H,4-9,20-21H2,1-3H3,(H,22,29)(H,23,27)(H,24,28)(H,30,31). The fourth-order valence-corrected chi connectivity index (χ4v) is 2.71. The van der Waals surface area contributed by atoms with Crippen molar-refractivity contribution in [3.05, 3.63) is 0 Å². The van der Waals surface area contributed by atoms with E-state index >= 15 is 0 Å². The second kappa shape index (κ2) is 14.7. The normalized spacial score (nSPS) is 16.9. The Balaban J connectivity index is 5.51. The van der Waals surface area contributed by atoms with E-state index in [2.05, 4.69) is 16.0 Å². The highest BCUT2D eigenvalue weighted by atomic mass is 16.4. The Morgan fingerprint density at radius 3 is 1.97 bits per heavy atom. The number of carbonyl (C=O) groups is 4. The Morgan fingerprint density at radius 2 is 1.52 bits per heavy atom. The number of rotatable bonds is 15. The van der Waals surface area contributed by atoms with Gasteiger partial charge in [-0.3, -0.25) is 14.4 Å². The van der Waals surface area contributed by atoms with Crippen molar-refractivity contribution >= 4 is 23.7 Å². The minimum Gasteiger partial charge on any atom is -0.480 e. The molecule has 0 rings (SSSR count). The predicted octanol–water partition coefficient (Wildman–Crippen LogP) is -2.60. The van der Waals surface area contributed by atoms with Crippen LogP contribution in [0.5, 0.6) is 0 Å². The first-order valence-electron chi connectivity index (χ1n) is 10.4. The molecule has 10 N–H and O–H groups in total. The van der Waals surface area contributed by atoms with Crippen LogP contribution in [0, 0.1) is 5.92 Å². The smallest absolute Gasteiger partial charge is 0.328 e. The van der Waals surface area contributed by atoms with Gasteiger partial charge in [-0.25, -0.2) is 4.79 Å². The summed E-state index contributed by atoms with van der Waals surface area (Å²) in [5.74, 6) is -3.87. The number of nitrogens with one attached hydrogen (secondary N) is 3. The Bertz CT molecular complexity index is 602. The third-order valence-corrected chi connectivity index (χ3v) is 4.95. The summed E-state index contributed by atoms with van der Waals surface area (Å²) in [4.78, 5) is 48.9. The number of carbonyl (C=O) groups excluding carboxylic acids is 3. The number of carboxylic acids is 1. The van der Waals surface area contributed by atoms with Crippen LogP contribution in [0.1, 0.15) is 46.5 Å². The average molecular weight is 448 g/mol.